The molecule has 1 aliphatic heterocycles. The van der Waals surface area contributed by atoms with Crippen LogP contribution in [0.3, 0.4) is 0 Å². The predicted octanol–water partition coefficient (Wildman–Crippen LogP) is 3.76. The summed E-state index contributed by atoms with van der Waals surface area (Å²) in [4.78, 5) is 17.0. The van der Waals surface area contributed by atoms with E-state index >= 15 is 0 Å². The van der Waals surface area contributed by atoms with Gasteiger partial charge in [0.1, 0.15) is 0 Å². The predicted molar refractivity (Wildman–Crippen MR) is 89.5 cm³/mol. The summed E-state index contributed by atoms with van der Waals surface area (Å²) in [5, 5.41) is 0. The Labute approximate surface area is 126 Å². The number of ether oxygens (including phenoxy) is 1. The number of esters is 1. The van der Waals surface area contributed by atoms with Crippen LogP contribution in [0, 0.1) is 0 Å². The number of hydrogen-bond donors (Lipinski definition) is 0. The van der Waals surface area contributed by atoms with Crippen LogP contribution in [0.25, 0.3) is 4.41 Å². The van der Waals surface area contributed by atoms with E-state index in [1.54, 1.807) is 0 Å². The van der Waals surface area contributed by atoms with Gasteiger partial charge in [-0.05, 0) is 0 Å². The first-order valence-corrected chi connectivity index (χ1v) is 19.8. The average molecular weight is 392 g/mol. The van der Waals surface area contributed by atoms with E-state index in [-0.39, 0.29) is 5.97 Å². The first-order chi connectivity index (χ1) is 9.28. The van der Waals surface area contributed by atoms with Gasteiger partial charge in [0.2, 0.25) is 0 Å². The standard InChI is InChI=1S/C16H22Ge2O2/c1-17(2)11-14(13-9-7-6-8-10-13)18(3,4)15(12-17)16(19)20-5/h6-12H,1-5H3. The van der Waals surface area contributed by atoms with E-state index < -0.39 is 26.5 Å². The summed E-state index contributed by atoms with van der Waals surface area (Å²) in [5.74, 6) is 9.11. The van der Waals surface area contributed by atoms with Gasteiger partial charge >= 0.3 is 127 Å². The number of benzene rings is 1. The van der Waals surface area contributed by atoms with Crippen molar-refractivity contribution in [1.29, 1.82) is 0 Å². The van der Waals surface area contributed by atoms with E-state index in [1.807, 2.05) is 6.07 Å². The molecule has 2 nitrogen and oxygen atoms in total. The minimum absolute atomic E-state index is 0.116. The van der Waals surface area contributed by atoms with E-state index in [0.717, 1.165) is 4.41 Å². The average Bonchev–Trinajstić information content (AvgIpc) is 2.41. The molecular weight excluding hydrogens is 369 g/mol. The van der Waals surface area contributed by atoms with Gasteiger partial charge in [-0.1, -0.05) is 0 Å². The summed E-state index contributed by atoms with van der Waals surface area (Å²) in [6.07, 6.45) is 0. The Morgan fingerprint density at radius 2 is 1.60 bits per heavy atom. The van der Waals surface area contributed by atoms with E-state index in [1.165, 1.54) is 17.1 Å². The van der Waals surface area contributed by atoms with Crippen LogP contribution in [0.1, 0.15) is 5.56 Å². The van der Waals surface area contributed by atoms with E-state index in [9.17, 15) is 4.79 Å². The zero-order chi connectivity index (χ0) is 15.0. The molecule has 1 aromatic rings. The van der Waals surface area contributed by atoms with Gasteiger partial charge < -0.3 is 0 Å². The van der Waals surface area contributed by atoms with Crippen molar-refractivity contribution in [2.75, 3.05) is 7.11 Å². The Hall–Kier alpha value is -0.744. The molecule has 0 bridgehead atoms. The summed E-state index contributed by atoms with van der Waals surface area (Å²) in [7, 11) is 1.49. The molecule has 1 aliphatic rings. The summed E-state index contributed by atoms with van der Waals surface area (Å²) in [5.41, 5.74) is 1.28. The maximum atomic E-state index is 12.2. The minimum atomic E-state index is -2.55. The third-order valence-electron chi connectivity index (χ3n) is 3.87. The molecule has 20 heavy (non-hydrogen) atoms. The summed E-state index contributed by atoms with van der Waals surface area (Å²) in [6, 6.07) is 10.5. The van der Waals surface area contributed by atoms with Crippen molar-refractivity contribution in [2.24, 2.45) is 0 Å². The van der Waals surface area contributed by atoms with Crippen LogP contribution in [-0.4, -0.2) is 39.6 Å². The molecule has 0 fully saturated rings. The molecule has 0 spiro atoms. The number of carbonyl (C=O) groups is 1. The van der Waals surface area contributed by atoms with Gasteiger partial charge in [0, 0.05) is 0 Å². The summed E-state index contributed by atoms with van der Waals surface area (Å²) in [6.45, 7) is 0. The molecule has 0 N–H and O–H groups in total. The SMILES string of the molecule is COC(=O)[C]1=[CH][Ge]([CH3])([CH3])[CH]=[C](c2ccccc2)[Ge]1([CH3])[CH3]. The third kappa shape index (κ3) is 2.96. The number of methoxy groups -OCH3 is 1. The van der Waals surface area contributed by atoms with Crippen LogP contribution < -0.4 is 0 Å². The van der Waals surface area contributed by atoms with Gasteiger partial charge in [-0.25, -0.2) is 0 Å². The van der Waals surface area contributed by atoms with Crippen LogP contribution in [-0.2, 0) is 9.53 Å². The second kappa shape index (κ2) is 5.56. The van der Waals surface area contributed by atoms with Crippen molar-refractivity contribution >= 4 is 36.9 Å². The molecular formula is C16H22Ge2O2. The van der Waals surface area contributed by atoms with Gasteiger partial charge in [0.05, 0.1) is 0 Å². The van der Waals surface area contributed by atoms with Gasteiger partial charge in [-0.15, -0.1) is 0 Å². The Bertz CT molecular complexity index is 584. The number of rotatable bonds is 2. The maximum absolute atomic E-state index is 12.2. The number of carbonyl (C=O) groups excluding carboxylic acids is 1. The van der Waals surface area contributed by atoms with E-state index in [0.29, 0.717) is 0 Å². The van der Waals surface area contributed by atoms with Crippen molar-refractivity contribution in [1.82, 2.24) is 0 Å². The van der Waals surface area contributed by atoms with Crippen LogP contribution in [0.5, 0.6) is 0 Å². The van der Waals surface area contributed by atoms with Gasteiger partial charge in [0.25, 0.3) is 0 Å². The van der Waals surface area contributed by atoms with Gasteiger partial charge in [0.15, 0.2) is 0 Å². The summed E-state index contributed by atoms with van der Waals surface area (Å²) < 4.78 is 7.49. The fourth-order valence-corrected chi connectivity index (χ4v) is 27.9. The molecule has 106 valence electrons. The molecule has 0 saturated heterocycles. The second-order valence-electron chi connectivity index (χ2n) is 6.42. The molecule has 0 saturated carbocycles. The van der Waals surface area contributed by atoms with Gasteiger partial charge in [-0.2, -0.15) is 0 Å². The monoisotopic (exact) mass is 394 g/mol. The Morgan fingerprint density at radius 1 is 1.00 bits per heavy atom. The Balaban J connectivity index is 2.58. The van der Waals surface area contributed by atoms with Crippen LogP contribution in [0.2, 0.25) is 23.0 Å². The Kier molecular flexibility index (Phi) is 4.35. The zero-order valence-corrected chi connectivity index (χ0v) is 17.1. The molecule has 0 aliphatic carbocycles. The molecule has 4 heteroatoms. The normalized spacial score (nSPS) is 19.9. The second-order valence-corrected chi connectivity index (χ2v) is 24.4. The molecule has 0 amide bonds. The Morgan fingerprint density at radius 3 is 2.15 bits per heavy atom. The van der Waals surface area contributed by atoms with Gasteiger partial charge in [-0.3, -0.25) is 0 Å². The van der Waals surface area contributed by atoms with Crippen LogP contribution in [0.4, 0.5) is 0 Å². The first-order valence-electron chi connectivity index (χ1n) is 6.88. The first kappa shape index (κ1) is 15.6. The zero-order valence-electron chi connectivity index (χ0n) is 12.9. The van der Waals surface area contributed by atoms with Crippen molar-refractivity contribution < 1.29 is 9.53 Å². The third-order valence-corrected chi connectivity index (χ3v) is 18.0. The van der Waals surface area contributed by atoms with E-state index in [4.69, 9.17) is 4.74 Å². The fraction of sp³-hybridized carbons (Fsp3) is 0.312. The molecule has 0 unspecified atom stereocenters. The molecule has 0 aromatic heterocycles. The molecule has 1 heterocycles. The van der Waals surface area contributed by atoms with E-state index in [2.05, 4.69) is 57.1 Å². The molecule has 2 rings (SSSR count). The molecule has 1 aromatic carbocycles. The van der Waals surface area contributed by atoms with Crippen LogP contribution in [0.15, 0.2) is 44.6 Å². The topological polar surface area (TPSA) is 26.3 Å². The van der Waals surface area contributed by atoms with Crippen molar-refractivity contribution in [2.45, 2.75) is 23.0 Å². The van der Waals surface area contributed by atoms with Crippen LogP contribution >= 0.6 is 0 Å². The van der Waals surface area contributed by atoms with Crippen molar-refractivity contribution in [3.05, 3.63) is 50.1 Å². The van der Waals surface area contributed by atoms with Crippen molar-refractivity contribution in [3.8, 4) is 0 Å². The van der Waals surface area contributed by atoms with Crippen molar-refractivity contribution in [3.63, 3.8) is 0 Å². The quantitative estimate of drug-likeness (QED) is 0.567. The fourth-order valence-electron chi connectivity index (χ4n) is 2.78. The molecule has 0 atom stereocenters. The summed E-state index contributed by atoms with van der Waals surface area (Å²) >= 11 is -4.73. The molecule has 0 radical (unpaired) electrons. The number of hydrogen-bond acceptors (Lipinski definition) is 2.